The first-order valence-corrected chi connectivity index (χ1v) is 6.45. The Hall–Kier alpha value is -2.82. The molecule has 106 valence electrons. The van der Waals surface area contributed by atoms with Gasteiger partial charge in [-0.05, 0) is 24.3 Å². The number of hydrogen-bond acceptors (Lipinski definition) is 5. The molecule has 0 amide bonds. The lowest BCUT2D eigenvalue weighted by Crippen LogP contribution is -1.93. The Balaban J connectivity index is 1.96. The Morgan fingerprint density at radius 2 is 2.00 bits per heavy atom. The van der Waals surface area contributed by atoms with Gasteiger partial charge in [0.05, 0.1) is 18.1 Å². The fourth-order valence-corrected chi connectivity index (χ4v) is 2.57. The van der Waals surface area contributed by atoms with Gasteiger partial charge in [-0.15, -0.1) is 0 Å². The molecular formula is C16H12O5. The summed E-state index contributed by atoms with van der Waals surface area (Å²) in [6.07, 6.45) is 1.64. The van der Waals surface area contributed by atoms with E-state index < -0.39 is 0 Å². The van der Waals surface area contributed by atoms with Gasteiger partial charge in [0.1, 0.15) is 23.5 Å². The molecule has 1 aromatic heterocycles. The summed E-state index contributed by atoms with van der Waals surface area (Å²) in [4.78, 5) is 0. The second-order valence-corrected chi connectivity index (χ2v) is 4.71. The van der Waals surface area contributed by atoms with Crippen molar-refractivity contribution in [2.75, 3.05) is 13.9 Å². The van der Waals surface area contributed by atoms with Crippen molar-refractivity contribution >= 4 is 10.8 Å². The first-order chi connectivity index (χ1) is 10.3. The molecule has 0 saturated heterocycles. The van der Waals surface area contributed by atoms with Gasteiger partial charge < -0.3 is 23.7 Å². The minimum atomic E-state index is 0.143. The maximum atomic E-state index is 9.56. The van der Waals surface area contributed by atoms with Crippen LogP contribution >= 0.6 is 0 Å². The zero-order chi connectivity index (χ0) is 14.4. The predicted molar refractivity (Wildman–Crippen MR) is 76.0 cm³/mol. The zero-order valence-corrected chi connectivity index (χ0v) is 11.3. The Morgan fingerprint density at radius 3 is 2.86 bits per heavy atom. The van der Waals surface area contributed by atoms with Gasteiger partial charge in [-0.3, -0.25) is 0 Å². The van der Waals surface area contributed by atoms with E-state index in [1.807, 2.05) is 12.1 Å². The molecule has 3 aromatic rings. The van der Waals surface area contributed by atoms with Crippen LogP contribution < -0.4 is 14.2 Å². The van der Waals surface area contributed by atoms with Gasteiger partial charge in [-0.25, -0.2) is 0 Å². The van der Waals surface area contributed by atoms with E-state index in [1.54, 1.807) is 31.6 Å². The summed E-state index contributed by atoms with van der Waals surface area (Å²) in [6, 6.07) is 8.69. The number of phenols is 1. The molecule has 0 fully saturated rings. The maximum Gasteiger partial charge on any atom is 0.231 e. The van der Waals surface area contributed by atoms with Crippen molar-refractivity contribution in [1.29, 1.82) is 0 Å². The topological polar surface area (TPSA) is 61.1 Å². The van der Waals surface area contributed by atoms with Gasteiger partial charge in [0.25, 0.3) is 0 Å². The van der Waals surface area contributed by atoms with Crippen LogP contribution in [0.4, 0.5) is 0 Å². The molecule has 1 N–H and O–H groups in total. The van der Waals surface area contributed by atoms with Crippen LogP contribution in [0.3, 0.4) is 0 Å². The number of fused-ring (bicyclic) bond motifs is 3. The fourth-order valence-electron chi connectivity index (χ4n) is 2.57. The van der Waals surface area contributed by atoms with Crippen LogP contribution in [0, 0.1) is 0 Å². The lowest BCUT2D eigenvalue weighted by molar-refractivity contribution is 0.175. The SMILES string of the molecule is COc1cc(O)ccc1-c1occ2c3c(ccc12)OCO3. The molecule has 0 unspecified atom stereocenters. The monoisotopic (exact) mass is 284 g/mol. The summed E-state index contributed by atoms with van der Waals surface area (Å²) < 4.78 is 21.9. The predicted octanol–water partition coefficient (Wildman–Crippen LogP) is 3.54. The van der Waals surface area contributed by atoms with Crippen molar-refractivity contribution in [3.05, 3.63) is 36.6 Å². The van der Waals surface area contributed by atoms with Crippen molar-refractivity contribution in [3.63, 3.8) is 0 Å². The van der Waals surface area contributed by atoms with Crippen molar-refractivity contribution in [1.82, 2.24) is 0 Å². The second kappa shape index (κ2) is 4.34. The molecule has 21 heavy (non-hydrogen) atoms. The molecule has 0 radical (unpaired) electrons. The largest absolute Gasteiger partial charge is 0.508 e. The average Bonchev–Trinajstić information content (AvgIpc) is 3.12. The number of hydrogen-bond donors (Lipinski definition) is 1. The van der Waals surface area contributed by atoms with E-state index in [-0.39, 0.29) is 12.5 Å². The number of methoxy groups -OCH3 is 1. The van der Waals surface area contributed by atoms with Gasteiger partial charge in [0.15, 0.2) is 11.5 Å². The van der Waals surface area contributed by atoms with E-state index in [4.69, 9.17) is 18.6 Å². The fraction of sp³-hybridized carbons (Fsp3) is 0.125. The molecule has 2 heterocycles. The Kier molecular flexibility index (Phi) is 2.47. The van der Waals surface area contributed by atoms with Gasteiger partial charge in [0, 0.05) is 11.5 Å². The molecular weight excluding hydrogens is 272 g/mol. The summed E-state index contributed by atoms with van der Waals surface area (Å²) in [5.74, 6) is 2.76. The summed E-state index contributed by atoms with van der Waals surface area (Å²) >= 11 is 0. The molecule has 0 spiro atoms. The van der Waals surface area contributed by atoms with Crippen LogP contribution in [0.5, 0.6) is 23.0 Å². The average molecular weight is 284 g/mol. The minimum Gasteiger partial charge on any atom is -0.508 e. The van der Waals surface area contributed by atoms with E-state index in [1.165, 1.54) is 0 Å². The Labute approximate surface area is 120 Å². The lowest BCUT2D eigenvalue weighted by atomic mass is 10.1. The lowest BCUT2D eigenvalue weighted by Gasteiger charge is -2.07. The zero-order valence-electron chi connectivity index (χ0n) is 11.3. The molecule has 4 rings (SSSR count). The first kappa shape index (κ1) is 12.0. The van der Waals surface area contributed by atoms with E-state index in [0.29, 0.717) is 23.0 Å². The maximum absolute atomic E-state index is 9.56. The molecule has 0 aliphatic carbocycles. The van der Waals surface area contributed by atoms with Gasteiger partial charge in [-0.2, -0.15) is 0 Å². The van der Waals surface area contributed by atoms with Gasteiger partial charge in [0.2, 0.25) is 6.79 Å². The van der Waals surface area contributed by atoms with Crippen LogP contribution in [-0.4, -0.2) is 19.0 Å². The summed E-state index contributed by atoms with van der Waals surface area (Å²) in [5, 5.41) is 11.3. The molecule has 5 nitrogen and oxygen atoms in total. The summed E-state index contributed by atoms with van der Waals surface area (Å²) in [7, 11) is 1.55. The quantitative estimate of drug-likeness (QED) is 0.779. The highest BCUT2D eigenvalue weighted by molar-refractivity contribution is 6.00. The second-order valence-electron chi connectivity index (χ2n) is 4.71. The number of ether oxygens (including phenoxy) is 3. The van der Waals surface area contributed by atoms with Gasteiger partial charge >= 0.3 is 0 Å². The normalized spacial score (nSPS) is 12.8. The van der Waals surface area contributed by atoms with E-state index in [2.05, 4.69) is 0 Å². The van der Waals surface area contributed by atoms with E-state index >= 15 is 0 Å². The number of aromatic hydroxyl groups is 1. The van der Waals surface area contributed by atoms with Crippen LogP contribution in [0.2, 0.25) is 0 Å². The highest BCUT2D eigenvalue weighted by atomic mass is 16.7. The molecule has 2 aromatic carbocycles. The van der Waals surface area contributed by atoms with Crippen molar-refractivity contribution in [2.45, 2.75) is 0 Å². The third kappa shape index (κ3) is 1.71. The summed E-state index contributed by atoms with van der Waals surface area (Å²) in [5.41, 5.74) is 0.768. The molecule has 5 heteroatoms. The third-order valence-electron chi connectivity index (χ3n) is 3.55. The number of furan rings is 1. The minimum absolute atomic E-state index is 0.143. The number of benzene rings is 2. The van der Waals surface area contributed by atoms with Crippen LogP contribution in [-0.2, 0) is 0 Å². The Bertz CT molecular complexity index is 834. The smallest absolute Gasteiger partial charge is 0.231 e. The number of rotatable bonds is 2. The van der Waals surface area contributed by atoms with Crippen LogP contribution in [0.25, 0.3) is 22.1 Å². The first-order valence-electron chi connectivity index (χ1n) is 6.45. The number of phenolic OH excluding ortho intramolecular Hbond substituents is 1. The van der Waals surface area contributed by atoms with Gasteiger partial charge in [-0.1, -0.05) is 0 Å². The highest BCUT2D eigenvalue weighted by Crippen LogP contribution is 2.45. The highest BCUT2D eigenvalue weighted by Gasteiger charge is 2.22. The molecule has 0 bridgehead atoms. The van der Waals surface area contributed by atoms with E-state index in [9.17, 15) is 5.11 Å². The molecule has 1 aliphatic heterocycles. The van der Waals surface area contributed by atoms with Crippen molar-refractivity contribution in [2.24, 2.45) is 0 Å². The molecule has 0 atom stereocenters. The standard InChI is InChI=1S/C16H12O5/c1-18-14-6-9(17)2-3-11(14)15-10-4-5-13-16(21-8-20-13)12(10)7-19-15/h2-7,17H,8H2,1H3. The molecule has 1 aliphatic rings. The summed E-state index contributed by atoms with van der Waals surface area (Å²) in [6.45, 7) is 0.220. The molecule has 0 saturated carbocycles. The van der Waals surface area contributed by atoms with Crippen molar-refractivity contribution < 1.29 is 23.7 Å². The van der Waals surface area contributed by atoms with E-state index in [0.717, 1.165) is 16.3 Å². The van der Waals surface area contributed by atoms with Crippen molar-refractivity contribution in [3.8, 4) is 34.3 Å². The van der Waals surface area contributed by atoms with Crippen LogP contribution in [0.15, 0.2) is 41.0 Å². The Morgan fingerprint density at radius 1 is 1.10 bits per heavy atom. The van der Waals surface area contributed by atoms with Crippen LogP contribution in [0.1, 0.15) is 0 Å². The third-order valence-corrected chi connectivity index (χ3v) is 3.55.